The van der Waals surface area contributed by atoms with Crippen LogP contribution in [0.15, 0.2) is 42.5 Å². The van der Waals surface area contributed by atoms with Gasteiger partial charge in [0.15, 0.2) is 11.6 Å². The lowest BCUT2D eigenvalue weighted by Gasteiger charge is -2.29. The predicted molar refractivity (Wildman–Crippen MR) is 124 cm³/mol. The van der Waals surface area contributed by atoms with Crippen molar-refractivity contribution in [2.24, 2.45) is 5.92 Å². The van der Waals surface area contributed by atoms with E-state index >= 15 is 0 Å². The molecule has 1 nitrogen and oxygen atoms in total. The Balaban J connectivity index is 1.37. The monoisotopic (exact) mass is 406 g/mol. The van der Waals surface area contributed by atoms with Crippen molar-refractivity contribution in [2.75, 3.05) is 7.11 Å². The lowest BCUT2D eigenvalue weighted by molar-refractivity contribution is 0.303. The summed E-state index contributed by atoms with van der Waals surface area (Å²) < 4.78 is 19.6. The maximum Gasteiger partial charge on any atom is 0.168 e. The van der Waals surface area contributed by atoms with Gasteiger partial charge < -0.3 is 4.74 Å². The van der Waals surface area contributed by atoms with Crippen LogP contribution in [0.5, 0.6) is 5.75 Å². The topological polar surface area (TPSA) is 9.23 Å². The molecule has 1 saturated carbocycles. The average molecular weight is 407 g/mol. The maximum absolute atomic E-state index is 14.5. The number of fused-ring (bicyclic) bond motifs is 1. The third-order valence-corrected chi connectivity index (χ3v) is 7.27. The van der Waals surface area contributed by atoms with Gasteiger partial charge in [0.2, 0.25) is 0 Å². The van der Waals surface area contributed by atoms with E-state index in [0.717, 1.165) is 29.4 Å². The molecule has 2 aliphatic rings. The second kappa shape index (κ2) is 9.81. The Labute approximate surface area is 181 Å². The van der Waals surface area contributed by atoms with Crippen molar-refractivity contribution in [3.8, 4) is 5.75 Å². The molecule has 0 saturated heterocycles. The van der Waals surface area contributed by atoms with Crippen LogP contribution in [0.25, 0.3) is 5.57 Å². The normalized spacial score (nSPS) is 21.1. The zero-order chi connectivity index (χ0) is 20.9. The van der Waals surface area contributed by atoms with Crippen LogP contribution < -0.4 is 4.74 Å². The fraction of sp³-hybridized carbons (Fsp3) is 0.500. The minimum absolute atomic E-state index is 0.203. The first-order valence-electron chi connectivity index (χ1n) is 11.8. The van der Waals surface area contributed by atoms with Gasteiger partial charge in [-0.15, -0.1) is 0 Å². The zero-order valence-electron chi connectivity index (χ0n) is 18.6. The van der Waals surface area contributed by atoms with Crippen molar-refractivity contribution in [1.82, 2.24) is 0 Å². The third kappa shape index (κ3) is 4.63. The standard InChI is InChI=1S/C28H35FO/c1-3-4-5-6-20-7-9-21(10-8-20)22-11-13-23(14-12-22)24-15-17-26-25(19-24)16-18-27(30-2)28(26)29/h11-16,18,20-21H,3-10,17,19H2,1-2H3. The summed E-state index contributed by atoms with van der Waals surface area (Å²) in [6.07, 6.45) is 14.6. The molecule has 0 aliphatic heterocycles. The van der Waals surface area contributed by atoms with Crippen LogP contribution in [-0.4, -0.2) is 7.11 Å². The molecule has 2 heteroatoms. The summed E-state index contributed by atoms with van der Waals surface area (Å²) in [7, 11) is 1.52. The Bertz CT molecular complexity index is 872. The molecule has 1 fully saturated rings. The molecule has 2 aromatic rings. The number of ether oxygens (including phenoxy) is 1. The van der Waals surface area contributed by atoms with E-state index in [1.54, 1.807) is 6.07 Å². The quantitative estimate of drug-likeness (QED) is 0.425. The fourth-order valence-corrected chi connectivity index (χ4v) is 5.34. The van der Waals surface area contributed by atoms with Crippen LogP contribution in [0.4, 0.5) is 4.39 Å². The van der Waals surface area contributed by atoms with Gasteiger partial charge in [0.25, 0.3) is 0 Å². The lowest BCUT2D eigenvalue weighted by atomic mass is 9.76. The minimum Gasteiger partial charge on any atom is -0.494 e. The van der Waals surface area contributed by atoms with E-state index < -0.39 is 0 Å². The number of unbranched alkanes of at least 4 members (excludes halogenated alkanes) is 2. The molecule has 0 atom stereocenters. The summed E-state index contributed by atoms with van der Waals surface area (Å²) in [6.45, 7) is 2.29. The highest BCUT2D eigenvalue weighted by Gasteiger charge is 2.23. The van der Waals surface area contributed by atoms with Gasteiger partial charge in [-0.2, -0.15) is 0 Å². The van der Waals surface area contributed by atoms with Crippen molar-refractivity contribution in [1.29, 1.82) is 0 Å². The molecule has 0 unspecified atom stereocenters. The number of benzene rings is 2. The number of methoxy groups -OCH3 is 1. The number of allylic oxidation sites excluding steroid dienone is 2. The van der Waals surface area contributed by atoms with Crippen molar-refractivity contribution in [3.05, 3.63) is 70.5 Å². The summed E-state index contributed by atoms with van der Waals surface area (Å²) in [6, 6.07) is 13.0. The molecule has 0 aromatic heterocycles. The summed E-state index contributed by atoms with van der Waals surface area (Å²) in [5.41, 5.74) is 5.94. The molecule has 30 heavy (non-hydrogen) atoms. The van der Waals surface area contributed by atoms with Crippen LogP contribution in [0.3, 0.4) is 0 Å². The first kappa shape index (κ1) is 21.2. The van der Waals surface area contributed by atoms with Gasteiger partial charge in [0.1, 0.15) is 0 Å². The largest absolute Gasteiger partial charge is 0.494 e. The molecular weight excluding hydrogens is 371 g/mol. The van der Waals surface area contributed by atoms with Crippen LogP contribution in [0, 0.1) is 11.7 Å². The van der Waals surface area contributed by atoms with E-state index in [1.165, 1.54) is 75.2 Å². The van der Waals surface area contributed by atoms with Crippen molar-refractivity contribution in [2.45, 2.75) is 77.0 Å². The Morgan fingerprint density at radius 1 is 0.967 bits per heavy atom. The molecule has 0 heterocycles. The molecule has 4 rings (SSSR count). The van der Waals surface area contributed by atoms with Crippen LogP contribution in [0.2, 0.25) is 0 Å². The summed E-state index contributed by atoms with van der Waals surface area (Å²) in [4.78, 5) is 0. The third-order valence-electron chi connectivity index (χ3n) is 7.27. The molecule has 0 amide bonds. The molecule has 0 radical (unpaired) electrons. The van der Waals surface area contributed by atoms with Gasteiger partial charge in [-0.25, -0.2) is 4.39 Å². The van der Waals surface area contributed by atoms with Crippen LogP contribution >= 0.6 is 0 Å². The van der Waals surface area contributed by atoms with Crippen molar-refractivity contribution in [3.63, 3.8) is 0 Å². The van der Waals surface area contributed by atoms with E-state index in [-0.39, 0.29) is 5.82 Å². The van der Waals surface area contributed by atoms with E-state index in [4.69, 9.17) is 4.74 Å². The Hall–Kier alpha value is -2.09. The van der Waals surface area contributed by atoms with Gasteiger partial charge in [0, 0.05) is 0 Å². The van der Waals surface area contributed by atoms with Gasteiger partial charge in [-0.1, -0.05) is 69.0 Å². The van der Waals surface area contributed by atoms with E-state index in [9.17, 15) is 4.39 Å². The smallest absolute Gasteiger partial charge is 0.168 e. The van der Waals surface area contributed by atoms with Gasteiger partial charge in [-0.05, 0) is 84.3 Å². The molecule has 0 bridgehead atoms. The molecule has 2 aromatic carbocycles. The molecule has 160 valence electrons. The molecule has 0 spiro atoms. The highest BCUT2D eigenvalue weighted by molar-refractivity contribution is 5.71. The van der Waals surface area contributed by atoms with E-state index in [1.807, 2.05) is 6.07 Å². The number of hydrogen-bond donors (Lipinski definition) is 0. The fourth-order valence-electron chi connectivity index (χ4n) is 5.34. The van der Waals surface area contributed by atoms with Gasteiger partial charge in [0.05, 0.1) is 7.11 Å². The van der Waals surface area contributed by atoms with E-state index in [2.05, 4.69) is 37.3 Å². The predicted octanol–water partition coefficient (Wildman–Crippen LogP) is 7.87. The van der Waals surface area contributed by atoms with Crippen molar-refractivity contribution >= 4 is 5.57 Å². The summed E-state index contributed by atoms with van der Waals surface area (Å²) >= 11 is 0. The number of hydrogen-bond acceptors (Lipinski definition) is 1. The number of halogens is 1. The molecule has 2 aliphatic carbocycles. The SMILES string of the molecule is CCCCCC1CCC(c2ccc(C3=CCc4c(ccc(OC)c4F)C3)cc2)CC1. The van der Waals surface area contributed by atoms with Gasteiger partial charge in [-0.3, -0.25) is 0 Å². The average Bonchev–Trinajstić information content (AvgIpc) is 2.80. The highest BCUT2D eigenvalue weighted by atomic mass is 19.1. The van der Waals surface area contributed by atoms with E-state index in [0.29, 0.717) is 12.2 Å². The zero-order valence-corrected chi connectivity index (χ0v) is 18.6. The molecule has 0 N–H and O–H groups in total. The Morgan fingerprint density at radius 2 is 1.73 bits per heavy atom. The lowest BCUT2D eigenvalue weighted by Crippen LogP contribution is -2.13. The first-order valence-corrected chi connectivity index (χ1v) is 11.8. The van der Waals surface area contributed by atoms with Crippen LogP contribution in [0.1, 0.15) is 86.5 Å². The molecular formula is C28H35FO. The summed E-state index contributed by atoms with van der Waals surface area (Å²) in [5, 5.41) is 0. The second-order valence-electron chi connectivity index (χ2n) is 9.17. The minimum atomic E-state index is -0.203. The number of rotatable bonds is 7. The second-order valence-corrected chi connectivity index (χ2v) is 9.17. The van der Waals surface area contributed by atoms with Crippen molar-refractivity contribution < 1.29 is 9.13 Å². The van der Waals surface area contributed by atoms with Crippen LogP contribution in [-0.2, 0) is 12.8 Å². The maximum atomic E-state index is 14.5. The Kier molecular flexibility index (Phi) is 6.92. The highest BCUT2D eigenvalue weighted by Crippen LogP contribution is 2.38. The first-order chi connectivity index (χ1) is 14.7. The Morgan fingerprint density at radius 3 is 2.43 bits per heavy atom. The summed E-state index contributed by atoms with van der Waals surface area (Å²) in [5.74, 6) is 1.82. The van der Waals surface area contributed by atoms with Gasteiger partial charge >= 0.3 is 0 Å².